The van der Waals surface area contributed by atoms with Gasteiger partial charge < -0.3 is 14.8 Å². The van der Waals surface area contributed by atoms with E-state index in [2.05, 4.69) is 5.32 Å². The Hall–Kier alpha value is -3.40. The molecule has 1 amide bonds. The van der Waals surface area contributed by atoms with Crippen molar-refractivity contribution in [1.29, 1.82) is 5.26 Å². The van der Waals surface area contributed by atoms with E-state index in [-0.39, 0.29) is 0 Å². The topological polar surface area (TPSA) is 71.4 Å². The molecule has 2 aromatic rings. The standard InChI is InChI=1S/C18H12F2N2O3/c19-14-2-1-3-15(20)13(14)8-11(10-21)18(23)22-12-4-5-16-17(9-12)25-7-6-24-16/h1-5,8-9H,6-7H2,(H,22,23)/b11-8-. The van der Waals surface area contributed by atoms with Crippen LogP contribution in [-0.2, 0) is 4.79 Å². The van der Waals surface area contributed by atoms with Crippen molar-refractivity contribution in [2.45, 2.75) is 0 Å². The predicted octanol–water partition coefficient (Wildman–Crippen LogP) is 3.28. The van der Waals surface area contributed by atoms with E-state index in [1.165, 1.54) is 6.07 Å². The highest BCUT2D eigenvalue weighted by Gasteiger charge is 2.16. The molecule has 1 aliphatic rings. The lowest BCUT2D eigenvalue weighted by atomic mass is 10.1. The Morgan fingerprint density at radius 3 is 2.48 bits per heavy atom. The fourth-order valence-electron chi connectivity index (χ4n) is 2.26. The summed E-state index contributed by atoms with van der Waals surface area (Å²) in [6, 6.07) is 9.68. The van der Waals surface area contributed by atoms with Crippen molar-refractivity contribution < 1.29 is 23.0 Å². The maximum Gasteiger partial charge on any atom is 0.266 e. The van der Waals surface area contributed by atoms with Gasteiger partial charge in [-0.3, -0.25) is 4.79 Å². The lowest BCUT2D eigenvalue weighted by molar-refractivity contribution is -0.112. The second-order valence-corrected chi connectivity index (χ2v) is 5.12. The smallest absolute Gasteiger partial charge is 0.266 e. The Morgan fingerprint density at radius 2 is 1.80 bits per heavy atom. The van der Waals surface area contributed by atoms with Crippen LogP contribution in [0.2, 0.25) is 0 Å². The molecular formula is C18H12F2N2O3. The number of nitriles is 1. The third kappa shape index (κ3) is 3.58. The molecule has 0 saturated carbocycles. The van der Waals surface area contributed by atoms with Crippen LogP contribution in [0.15, 0.2) is 42.0 Å². The van der Waals surface area contributed by atoms with Crippen molar-refractivity contribution in [3.8, 4) is 17.6 Å². The molecule has 1 N–H and O–H groups in total. The lowest BCUT2D eigenvalue weighted by Crippen LogP contribution is -2.17. The van der Waals surface area contributed by atoms with Gasteiger partial charge >= 0.3 is 0 Å². The molecule has 1 aliphatic heterocycles. The maximum absolute atomic E-state index is 13.7. The summed E-state index contributed by atoms with van der Waals surface area (Å²) in [5, 5.41) is 11.6. The highest BCUT2D eigenvalue weighted by atomic mass is 19.1. The molecule has 0 fully saturated rings. The van der Waals surface area contributed by atoms with Gasteiger partial charge in [0.1, 0.15) is 36.5 Å². The van der Waals surface area contributed by atoms with Crippen LogP contribution in [-0.4, -0.2) is 19.1 Å². The van der Waals surface area contributed by atoms with Crippen LogP contribution in [0, 0.1) is 23.0 Å². The SMILES string of the molecule is N#C/C(=C/c1c(F)cccc1F)C(=O)Nc1ccc2c(c1)OCCO2. The van der Waals surface area contributed by atoms with Gasteiger partial charge in [-0.05, 0) is 30.3 Å². The van der Waals surface area contributed by atoms with Crippen molar-refractivity contribution >= 4 is 17.7 Å². The zero-order chi connectivity index (χ0) is 17.8. The highest BCUT2D eigenvalue weighted by molar-refractivity contribution is 6.09. The number of nitrogens with one attached hydrogen (secondary N) is 1. The number of fused-ring (bicyclic) bond motifs is 1. The number of carbonyl (C=O) groups is 1. The van der Waals surface area contributed by atoms with E-state index in [1.807, 2.05) is 0 Å². The van der Waals surface area contributed by atoms with E-state index in [1.54, 1.807) is 24.3 Å². The quantitative estimate of drug-likeness (QED) is 0.686. The van der Waals surface area contributed by atoms with E-state index in [9.17, 15) is 13.6 Å². The summed E-state index contributed by atoms with van der Waals surface area (Å²) in [4.78, 5) is 12.2. The molecule has 1 heterocycles. The summed E-state index contributed by atoms with van der Waals surface area (Å²) in [6.07, 6.45) is 0.873. The van der Waals surface area contributed by atoms with Crippen molar-refractivity contribution in [3.05, 3.63) is 59.2 Å². The molecule has 3 rings (SSSR count). The number of ether oxygens (including phenoxy) is 2. The van der Waals surface area contributed by atoms with Crippen LogP contribution in [0.25, 0.3) is 6.08 Å². The Labute approximate surface area is 142 Å². The van der Waals surface area contributed by atoms with Gasteiger partial charge in [-0.15, -0.1) is 0 Å². The Bertz CT molecular complexity index is 883. The van der Waals surface area contributed by atoms with E-state index in [0.717, 1.165) is 18.2 Å². The van der Waals surface area contributed by atoms with Crippen molar-refractivity contribution in [1.82, 2.24) is 0 Å². The fourth-order valence-corrected chi connectivity index (χ4v) is 2.26. The molecule has 126 valence electrons. The molecule has 7 heteroatoms. The number of carbonyl (C=O) groups excluding carboxylic acids is 1. The minimum Gasteiger partial charge on any atom is -0.486 e. The van der Waals surface area contributed by atoms with E-state index < -0.39 is 28.7 Å². The second-order valence-electron chi connectivity index (χ2n) is 5.12. The first-order chi connectivity index (χ1) is 12.1. The Morgan fingerprint density at radius 1 is 1.12 bits per heavy atom. The first-order valence-corrected chi connectivity index (χ1v) is 7.35. The molecule has 0 atom stereocenters. The van der Waals surface area contributed by atoms with Gasteiger partial charge in [0.05, 0.1) is 0 Å². The van der Waals surface area contributed by atoms with Gasteiger partial charge in [0.2, 0.25) is 0 Å². The highest BCUT2D eigenvalue weighted by Crippen LogP contribution is 2.32. The first-order valence-electron chi connectivity index (χ1n) is 7.35. The third-order valence-corrected chi connectivity index (χ3v) is 3.45. The Balaban J connectivity index is 1.84. The number of hydrogen-bond donors (Lipinski definition) is 1. The molecule has 25 heavy (non-hydrogen) atoms. The number of rotatable bonds is 3. The average molecular weight is 342 g/mol. The largest absolute Gasteiger partial charge is 0.486 e. The third-order valence-electron chi connectivity index (χ3n) is 3.45. The van der Waals surface area contributed by atoms with Crippen LogP contribution in [0.4, 0.5) is 14.5 Å². The normalized spacial score (nSPS) is 13.1. The van der Waals surface area contributed by atoms with Crippen LogP contribution >= 0.6 is 0 Å². The number of anilines is 1. The van der Waals surface area contributed by atoms with E-state index in [4.69, 9.17) is 14.7 Å². The van der Waals surface area contributed by atoms with Gasteiger partial charge in [0.15, 0.2) is 11.5 Å². The minimum atomic E-state index is -0.861. The summed E-state index contributed by atoms with van der Waals surface area (Å²) in [6.45, 7) is 0.828. The van der Waals surface area contributed by atoms with Crippen LogP contribution in [0.1, 0.15) is 5.56 Å². The molecule has 0 unspecified atom stereocenters. The number of nitrogens with zero attached hydrogens (tertiary/aromatic N) is 1. The fraction of sp³-hybridized carbons (Fsp3) is 0.111. The summed E-state index contributed by atoms with van der Waals surface area (Å²) < 4.78 is 38.1. The zero-order valence-corrected chi connectivity index (χ0v) is 12.9. The molecule has 5 nitrogen and oxygen atoms in total. The summed E-state index contributed by atoms with van der Waals surface area (Å²) in [7, 11) is 0. The van der Waals surface area contributed by atoms with Gasteiger partial charge in [-0.25, -0.2) is 8.78 Å². The minimum absolute atomic E-state index is 0.365. The van der Waals surface area contributed by atoms with Crippen LogP contribution < -0.4 is 14.8 Å². The van der Waals surface area contributed by atoms with Gasteiger partial charge in [-0.1, -0.05) is 6.07 Å². The van der Waals surface area contributed by atoms with Crippen LogP contribution in [0.5, 0.6) is 11.5 Å². The number of halogens is 2. The summed E-state index contributed by atoms with van der Waals surface area (Å²) in [5.74, 6) is -1.50. The number of benzene rings is 2. The van der Waals surface area contributed by atoms with E-state index in [0.29, 0.717) is 30.4 Å². The first kappa shape index (κ1) is 16.5. The molecule has 2 aromatic carbocycles. The molecule has 0 bridgehead atoms. The van der Waals surface area contributed by atoms with Gasteiger partial charge in [0.25, 0.3) is 5.91 Å². The number of hydrogen-bond acceptors (Lipinski definition) is 4. The maximum atomic E-state index is 13.7. The predicted molar refractivity (Wildman–Crippen MR) is 86.0 cm³/mol. The summed E-state index contributed by atoms with van der Waals surface area (Å²) in [5.41, 5.74) is -0.514. The summed E-state index contributed by atoms with van der Waals surface area (Å²) >= 11 is 0. The Kier molecular flexibility index (Phi) is 4.61. The van der Waals surface area contributed by atoms with Crippen molar-refractivity contribution in [2.24, 2.45) is 0 Å². The van der Waals surface area contributed by atoms with Crippen molar-refractivity contribution in [3.63, 3.8) is 0 Å². The average Bonchev–Trinajstić information content (AvgIpc) is 2.61. The molecule has 0 saturated heterocycles. The second kappa shape index (κ2) is 7.01. The molecule has 0 aliphatic carbocycles. The number of amides is 1. The van der Waals surface area contributed by atoms with Crippen molar-refractivity contribution in [2.75, 3.05) is 18.5 Å². The van der Waals surface area contributed by atoms with Gasteiger partial charge in [0, 0.05) is 17.3 Å². The molecule has 0 spiro atoms. The van der Waals surface area contributed by atoms with E-state index >= 15 is 0 Å². The van der Waals surface area contributed by atoms with Crippen LogP contribution in [0.3, 0.4) is 0 Å². The van der Waals surface area contributed by atoms with Gasteiger partial charge in [-0.2, -0.15) is 5.26 Å². The lowest BCUT2D eigenvalue weighted by Gasteiger charge is -2.18. The molecule has 0 radical (unpaired) electrons. The molecule has 0 aromatic heterocycles. The molecular weight excluding hydrogens is 330 g/mol. The zero-order valence-electron chi connectivity index (χ0n) is 12.9. The monoisotopic (exact) mass is 342 g/mol.